The first-order valence-electron chi connectivity index (χ1n) is 7.50. The number of hydrogen-bond acceptors (Lipinski definition) is 5. The van der Waals surface area contributed by atoms with Crippen molar-refractivity contribution in [2.45, 2.75) is 45.6 Å². The Morgan fingerprint density at radius 1 is 1.15 bits per heavy atom. The van der Waals surface area contributed by atoms with Gasteiger partial charge in [0, 0.05) is 31.9 Å². The monoisotopic (exact) mass is 278 g/mol. The third-order valence-electron chi connectivity index (χ3n) is 4.04. The maximum absolute atomic E-state index is 5.44. The topological polar surface area (TPSA) is 59.1 Å². The number of aromatic nitrogens is 2. The van der Waals surface area contributed by atoms with Crippen LogP contribution in [0.1, 0.15) is 45.1 Å². The highest BCUT2D eigenvalue weighted by molar-refractivity contribution is 5.59. The lowest BCUT2D eigenvalue weighted by Gasteiger charge is -2.29. The summed E-state index contributed by atoms with van der Waals surface area (Å²) in [5, 5.41) is 6.75. The number of ether oxygens (including phenoxy) is 1. The second-order valence-corrected chi connectivity index (χ2v) is 5.77. The summed E-state index contributed by atoms with van der Waals surface area (Å²) in [7, 11) is 1.90. The van der Waals surface area contributed by atoms with Gasteiger partial charge in [-0.25, -0.2) is 9.97 Å². The van der Waals surface area contributed by atoms with Crippen LogP contribution in [0, 0.1) is 5.92 Å². The van der Waals surface area contributed by atoms with E-state index in [0.29, 0.717) is 17.9 Å². The van der Waals surface area contributed by atoms with Gasteiger partial charge in [0.25, 0.3) is 0 Å². The lowest BCUT2D eigenvalue weighted by Crippen LogP contribution is -2.31. The summed E-state index contributed by atoms with van der Waals surface area (Å²) < 4.78 is 5.44. The zero-order valence-electron chi connectivity index (χ0n) is 12.9. The Kier molecular flexibility index (Phi) is 5.17. The number of rotatable bonds is 5. The molecule has 0 radical (unpaired) electrons. The predicted molar refractivity (Wildman–Crippen MR) is 82.3 cm³/mol. The summed E-state index contributed by atoms with van der Waals surface area (Å²) in [6.07, 6.45) is 3.86. The Morgan fingerprint density at radius 3 is 2.40 bits per heavy atom. The quantitative estimate of drug-likeness (QED) is 0.867. The van der Waals surface area contributed by atoms with Crippen molar-refractivity contribution in [1.82, 2.24) is 9.97 Å². The van der Waals surface area contributed by atoms with Crippen molar-refractivity contribution >= 4 is 11.6 Å². The Bertz CT molecular complexity index is 430. The van der Waals surface area contributed by atoms with Crippen LogP contribution in [0.15, 0.2) is 6.33 Å². The highest BCUT2D eigenvalue weighted by atomic mass is 16.5. The summed E-state index contributed by atoms with van der Waals surface area (Å²) >= 11 is 0. The highest BCUT2D eigenvalue weighted by Crippen LogP contribution is 2.30. The van der Waals surface area contributed by atoms with Gasteiger partial charge in [0.05, 0.1) is 0 Å². The van der Waals surface area contributed by atoms with Gasteiger partial charge in [0.1, 0.15) is 18.0 Å². The Morgan fingerprint density at radius 2 is 1.80 bits per heavy atom. The number of nitrogens with zero attached hydrogens (tertiary/aromatic N) is 2. The molecule has 0 saturated carbocycles. The van der Waals surface area contributed by atoms with E-state index < -0.39 is 0 Å². The van der Waals surface area contributed by atoms with E-state index in [4.69, 9.17) is 4.74 Å². The van der Waals surface area contributed by atoms with Gasteiger partial charge < -0.3 is 15.4 Å². The van der Waals surface area contributed by atoms with Crippen molar-refractivity contribution < 1.29 is 4.74 Å². The second kappa shape index (κ2) is 6.88. The molecule has 1 aliphatic rings. The molecule has 0 amide bonds. The summed E-state index contributed by atoms with van der Waals surface area (Å²) in [6, 6.07) is 0.399. The molecule has 1 aliphatic heterocycles. The minimum Gasteiger partial charge on any atom is -0.381 e. The van der Waals surface area contributed by atoms with Crippen LogP contribution in [0.25, 0.3) is 0 Å². The van der Waals surface area contributed by atoms with Gasteiger partial charge in [0.15, 0.2) is 0 Å². The average Bonchev–Trinajstić information content (AvgIpc) is 2.47. The Hall–Kier alpha value is -1.36. The zero-order valence-corrected chi connectivity index (χ0v) is 12.9. The summed E-state index contributed by atoms with van der Waals surface area (Å²) in [6.45, 7) is 8.33. The van der Waals surface area contributed by atoms with Crippen molar-refractivity contribution in [2.24, 2.45) is 5.92 Å². The van der Waals surface area contributed by atoms with E-state index in [9.17, 15) is 0 Å². The van der Waals surface area contributed by atoms with E-state index in [1.807, 2.05) is 7.05 Å². The van der Waals surface area contributed by atoms with Crippen molar-refractivity contribution in [3.05, 3.63) is 11.9 Å². The van der Waals surface area contributed by atoms with Crippen LogP contribution in [-0.4, -0.2) is 36.3 Å². The molecule has 0 spiro atoms. The van der Waals surface area contributed by atoms with Crippen LogP contribution in [0.5, 0.6) is 0 Å². The third-order valence-corrected chi connectivity index (χ3v) is 4.04. The number of anilines is 2. The van der Waals surface area contributed by atoms with Crippen molar-refractivity contribution in [3.8, 4) is 0 Å². The van der Waals surface area contributed by atoms with Crippen LogP contribution in [0.2, 0.25) is 0 Å². The highest BCUT2D eigenvalue weighted by Gasteiger charge is 2.22. The molecule has 0 aromatic carbocycles. The van der Waals surface area contributed by atoms with E-state index in [-0.39, 0.29) is 0 Å². The minimum absolute atomic E-state index is 0.378. The van der Waals surface area contributed by atoms with Gasteiger partial charge in [-0.05, 0) is 31.6 Å². The molecular weight excluding hydrogens is 252 g/mol. The summed E-state index contributed by atoms with van der Waals surface area (Å²) in [5.41, 5.74) is 1.16. The van der Waals surface area contributed by atoms with Gasteiger partial charge in [0.2, 0.25) is 0 Å². The maximum atomic E-state index is 5.44. The Labute approximate surface area is 121 Å². The van der Waals surface area contributed by atoms with Crippen LogP contribution in [0.3, 0.4) is 0 Å². The van der Waals surface area contributed by atoms with E-state index in [0.717, 1.165) is 43.3 Å². The first-order chi connectivity index (χ1) is 9.63. The standard InChI is InChI=1S/C15H26N4O/c1-10(2)13-14(16-4)17-9-18-15(13)19-11(3)12-5-7-20-8-6-12/h9-12H,5-8H2,1-4H3,(H2,16,17,18,19). The van der Waals surface area contributed by atoms with Crippen molar-refractivity contribution in [2.75, 3.05) is 30.9 Å². The average molecular weight is 278 g/mol. The number of hydrogen-bond donors (Lipinski definition) is 2. The molecule has 112 valence electrons. The van der Waals surface area contributed by atoms with Gasteiger partial charge in [-0.2, -0.15) is 0 Å². The molecule has 1 unspecified atom stereocenters. The van der Waals surface area contributed by atoms with E-state index in [1.54, 1.807) is 6.33 Å². The molecule has 20 heavy (non-hydrogen) atoms. The first-order valence-corrected chi connectivity index (χ1v) is 7.50. The fraction of sp³-hybridized carbons (Fsp3) is 0.733. The third kappa shape index (κ3) is 3.39. The summed E-state index contributed by atoms with van der Waals surface area (Å²) in [4.78, 5) is 8.77. The van der Waals surface area contributed by atoms with E-state index in [1.165, 1.54) is 0 Å². The predicted octanol–water partition coefficient (Wildman–Crippen LogP) is 2.87. The van der Waals surface area contributed by atoms with Gasteiger partial charge >= 0.3 is 0 Å². The summed E-state index contributed by atoms with van der Waals surface area (Å²) in [5.74, 6) is 2.90. The van der Waals surface area contributed by atoms with Crippen molar-refractivity contribution in [1.29, 1.82) is 0 Å². The minimum atomic E-state index is 0.378. The van der Waals surface area contributed by atoms with Gasteiger partial charge in [-0.15, -0.1) is 0 Å². The largest absolute Gasteiger partial charge is 0.381 e. The molecule has 2 N–H and O–H groups in total. The molecule has 1 atom stereocenters. The second-order valence-electron chi connectivity index (χ2n) is 5.77. The van der Waals surface area contributed by atoms with Crippen LogP contribution >= 0.6 is 0 Å². The van der Waals surface area contributed by atoms with Crippen LogP contribution in [-0.2, 0) is 4.74 Å². The molecule has 5 heteroatoms. The molecule has 1 saturated heterocycles. The molecule has 0 bridgehead atoms. The van der Waals surface area contributed by atoms with Crippen molar-refractivity contribution in [3.63, 3.8) is 0 Å². The first kappa shape index (κ1) is 15.0. The molecule has 5 nitrogen and oxygen atoms in total. The molecular formula is C15H26N4O. The molecule has 1 fully saturated rings. The van der Waals surface area contributed by atoms with E-state index >= 15 is 0 Å². The van der Waals surface area contributed by atoms with Crippen LogP contribution < -0.4 is 10.6 Å². The Balaban J connectivity index is 2.15. The zero-order chi connectivity index (χ0) is 14.5. The van der Waals surface area contributed by atoms with Gasteiger partial charge in [-0.3, -0.25) is 0 Å². The number of nitrogens with one attached hydrogen (secondary N) is 2. The normalized spacial score (nSPS) is 18.1. The molecule has 2 heterocycles. The molecule has 1 aromatic heterocycles. The molecule has 1 aromatic rings. The lowest BCUT2D eigenvalue weighted by atomic mass is 9.92. The lowest BCUT2D eigenvalue weighted by molar-refractivity contribution is 0.0622. The fourth-order valence-electron chi connectivity index (χ4n) is 2.81. The SMILES string of the molecule is CNc1ncnc(NC(C)C2CCOCC2)c1C(C)C. The molecule has 2 rings (SSSR count). The fourth-order valence-corrected chi connectivity index (χ4v) is 2.81. The maximum Gasteiger partial charge on any atom is 0.135 e. The molecule has 0 aliphatic carbocycles. The van der Waals surface area contributed by atoms with Gasteiger partial charge in [-0.1, -0.05) is 13.8 Å². The smallest absolute Gasteiger partial charge is 0.135 e. The van der Waals surface area contributed by atoms with E-state index in [2.05, 4.69) is 41.4 Å². The van der Waals surface area contributed by atoms with Crippen LogP contribution in [0.4, 0.5) is 11.6 Å².